The molecule has 7 nitrogen and oxygen atoms in total. The van der Waals surface area contributed by atoms with E-state index in [0.29, 0.717) is 33.8 Å². The van der Waals surface area contributed by atoms with Crippen LogP contribution >= 0.6 is 0 Å². The molecule has 1 unspecified atom stereocenters. The molecule has 1 fully saturated rings. The van der Waals surface area contributed by atoms with Crippen LogP contribution in [0.2, 0.25) is 0 Å². The third kappa shape index (κ3) is 4.85. The molecule has 0 spiro atoms. The number of aryl methyl sites for hydroxylation is 3. The zero-order chi connectivity index (χ0) is 26.9. The Bertz CT molecular complexity index is 1410. The van der Waals surface area contributed by atoms with Gasteiger partial charge in [-0.05, 0) is 78.9 Å². The number of aliphatic hydroxyl groups excluding tert-OH is 1. The van der Waals surface area contributed by atoms with Crippen LogP contribution in [0.3, 0.4) is 0 Å². The summed E-state index contributed by atoms with van der Waals surface area (Å²) in [5.74, 6) is -1.28. The standard InChI is InChI=1S/C30H30N2O5/c1-6-20-7-9-21(10-8-20)27-26(28(34)24-15-18(3)25(37-5)16-17(24)2)29(35)30(36)32(27)23-13-11-22(12-14-23)31-19(4)33/h7-16,27,34H,6H2,1-5H3,(H,31,33)/b28-26+. The quantitative estimate of drug-likeness (QED) is 0.267. The van der Waals surface area contributed by atoms with Crippen molar-refractivity contribution in [3.8, 4) is 5.75 Å². The fourth-order valence-corrected chi connectivity index (χ4v) is 4.67. The Kier molecular flexibility index (Phi) is 7.16. The zero-order valence-electron chi connectivity index (χ0n) is 21.6. The first-order valence-corrected chi connectivity index (χ1v) is 12.1. The molecule has 37 heavy (non-hydrogen) atoms. The van der Waals surface area contributed by atoms with Crippen molar-refractivity contribution in [1.82, 2.24) is 0 Å². The highest BCUT2D eigenvalue weighted by atomic mass is 16.5. The number of ketones is 1. The SMILES string of the molecule is CCc1ccc(C2/C(=C(\O)c3cc(C)c(OC)cc3C)C(=O)C(=O)N2c2ccc(NC(C)=O)cc2)cc1. The molecule has 1 heterocycles. The van der Waals surface area contributed by atoms with Crippen LogP contribution in [0.4, 0.5) is 11.4 Å². The van der Waals surface area contributed by atoms with Gasteiger partial charge in [-0.15, -0.1) is 0 Å². The minimum absolute atomic E-state index is 0.0212. The van der Waals surface area contributed by atoms with Crippen molar-refractivity contribution in [3.05, 3.63) is 94.1 Å². The van der Waals surface area contributed by atoms with Crippen LogP contribution < -0.4 is 15.0 Å². The lowest BCUT2D eigenvalue weighted by molar-refractivity contribution is -0.132. The lowest BCUT2D eigenvalue weighted by Gasteiger charge is -2.26. The van der Waals surface area contributed by atoms with Crippen LogP contribution in [0.5, 0.6) is 5.75 Å². The van der Waals surface area contributed by atoms with Gasteiger partial charge in [0.05, 0.1) is 18.7 Å². The molecule has 1 atom stereocenters. The predicted molar refractivity (Wildman–Crippen MR) is 144 cm³/mol. The maximum absolute atomic E-state index is 13.5. The molecule has 4 rings (SSSR count). The van der Waals surface area contributed by atoms with Gasteiger partial charge in [0.1, 0.15) is 11.5 Å². The first-order valence-electron chi connectivity index (χ1n) is 12.1. The van der Waals surface area contributed by atoms with Crippen molar-refractivity contribution in [2.75, 3.05) is 17.3 Å². The summed E-state index contributed by atoms with van der Waals surface area (Å²) in [6, 6.07) is 17.1. The second-order valence-corrected chi connectivity index (χ2v) is 9.13. The number of ether oxygens (including phenoxy) is 1. The highest BCUT2D eigenvalue weighted by molar-refractivity contribution is 6.51. The molecule has 190 valence electrons. The summed E-state index contributed by atoms with van der Waals surface area (Å²) in [6.07, 6.45) is 0.843. The van der Waals surface area contributed by atoms with E-state index in [4.69, 9.17) is 4.74 Å². The van der Waals surface area contributed by atoms with Crippen LogP contribution in [0.1, 0.15) is 47.7 Å². The van der Waals surface area contributed by atoms with Gasteiger partial charge in [-0.25, -0.2) is 0 Å². The molecule has 0 bridgehead atoms. The monoisotopic (exact) mass is 498 g/mol. The van der Waals surface area contributed by atoms with Gasteiger partial charge in [-0.3, -0.25) is 19.3 Å². The van der Waals surface area contributed by atoms with E-state index in [2.05, 4.69) is 5.32 Å². The molecular weight excluding hydrogens is 468 g/mol. The largest absolute Gasteiger partial charge is 0.507 e. The lowest BCUT2D eigenvalue weighted by atomic mass is 9.92. The van der Waals surface area contributed by atoms with Crippen molar-refractivity contribution in [1.29, 1.82) is 0 Å². The Balaban J connectivity index is 1.91. The summed E-state index contributed by atoms with van der Waals surface area (Å²) in [5.41, 5.74) is 4.85. The van der Waals surface area contributed by atoms with Crippen molar-refractivity contribution < 1.29 is 24.2 Å². The van der Waals surface area contributed by atoms with Gasteiger partial charge in [0.25, 0.3) is 11.7 Å². The Labute approximate surface area is 216 Å². The van der Waals surface area contributed by atoms with Crippen molar-refractivity contribution >= 4 is 34.7 Å². The molecule has 2 N–H and O–H groups in total. The Morgan fingerprint density at radius 1 is 1.00 bits per heavy atom. The van der Waals surface area contributed by atoms with E-state index < -0.39 is 17.7 Å². The third-order valence-electron chi connectivity index (χ3n) is 6.61. The van der Waals surface area contributed by atoms with Gasteiger partial charge < -0.3 is 15.2 Å². The number of carbonyl (C=O) groups is 3. The topological polar surface area (TPSA) is 95.9 Å². The molecule has 0 aromatic heterocycles. The normalized spacial score (nSPS) is 16.7. The molecule has 0 radical (unpaired) electrons. The van der Waals surface area contributed by atoms with Gasteiger partial charge in [-0.2, -0.15) is 0 Å². The van der Waals surface area contributed by atoms with Crippen LogP contribution in [-0.2, 0) is 20.8 Å². The van der Waals surface area contributed by atoms with Crippen LogP contribution in [0.15, 0.2) is 66.2 Å². The number of anilines is 2. The average molecular weight is 499 g/mol. The minimum Gasteiger partial charge on any atom is -0.507 e. The highest BCUT2D eigenvalue weighted by Crippen LogP contribution is 2.43. The third-order valence-corrected chi connectivity index (χ3v) is 6.61. The summed E-state index contributed by atoms with van der Waals surface area (Å²) < 4.78 is 5.39. The number of amides is 2. The van der Waals surface area contributed by atoms with Crippen molar-refractivity contribution in [2.45, 2.75) is 40.2 Å². The van der Waals surface area contributed by atoms with Gasteiger partial charge in [0.2, 0.25) is 5.91 Å². The first kappa shape index (κ1) is 25.7. The van der Waals surface area contributed by atoms with Crippen molar-refractivity contribution in [2.24, 2.45) is 0 Å². The van der Waals surface area contributed by atoms with E-state index >= 15 is 0 Å². The molecule has 1 aliphatic heterocycles. The molecule has 3 aromatic carbocycles. The lowest BCUT2D eigenvalue weighted by Crippen LogP contribution is -2.29. The molecule has 1 aliphatic rings. The molecule has 1 saturated heterocycles. The molecular formula is C30H30N2O5. The fraction of sp³-hybridized carbons (Fsp3) is 0.233. The van der Waals surface area contributed by atoms with E-state index in [1.807, 2.05) is 45.0 Å². The van der Waals surface area contributed by atoms with E-state index in [1.54, 1.807) is 43.5 Å². The Morgan fingerprint density at radius 2 is 1.65 bits per heavy atom. The number of carbonyl (C=O) groups excluding carboxylic acids is 3. The fourth-order valence-electron chi connectivity index (χ4n) is 4.67. The van der Waals surface area contributed by atoms with Gasteiger partial charge in [0.15, 0.2) is 0 Å². The molecule has 7 heteroatoms. The predicted octanol–water partition coefficient (Wildman–Crippen LogP) is 5.46. The van der Waals surface area contributed by atoms with Crippen molar-refractivity contribution in [3.63, 3.8) is 0 Å². The number of hydrogen-bond donors (Lipinski definition) is 2. The van der Waals surface area contributed by atoms with Gasteiger partial charge >= 0.3 is 0 Å². The molecule has 0 aliphatic carbocycles. The zero-order valence-corrected chi connectivity index (χ0v) is 21.6. The molecule has 3 aromatic rings. The van der Waals surface area contributed by atoms with Gasteiger partial charge in [0, 0.05) is 23.9 Å². The van der Waals surface area contributed by atoms with E-state index in [1.165, 1.54) is 11.8 Å². The number of hydrogen-bond acceptors (Lipinski definition) is 5. The summed E-state index contributed by atoms with van der Waals surface area (Å²) >= 11 is 0. The minimum atomic E-state index is -0.834. The van der Waals surface area contributed by atoms with E-state index in [9.17, 15) is 19.5 Å². The summed E-state index contributed by atoms with van der Waals surface area (Å²) in [7, 11) is 1.57. The second kappa shape index (κ2) is 10.3. The Morgan fingerprint density at radius 3 is 2.22 bits per heavy atom. The number of methoxy groups -OCH3 is 1. The van der Waals surface area contributed by atoms with Crippen LogP contribution in [0, 0.1) is 13.8 Å². The summed E-state index contributed by atoms with van der Waals surface area (Å²) in [6.45, 7) is 7.13. The summed E-state index contributed by atoms with van der Waals surface area (Å²) in [5, 5.41) is 14.2. The number of rotatable bonds is 6. The van der Waals surface area contributed by atoms with E-state index in [0.717, 1.165) is 17.5 Å². The maximum Gasteiger partial charge on any atom is 0.300 e. The first-order chi connectivity index (χ1) is 17.7. The Hall–Kier alpha value is -4.39. The maximum atomic E-state index is 13.5. The van der Waals surface area contributed by atoms with Crippen LogP contribution in [0.25, 0.3) is 5.76 Å². The molecule has 0 saturated carbocycles. The number of benzene rings is 3. The number of nitrogens with one attached hydrogen (secondary N) is 1. The average Bonchev–Trinajstić information content (AvgIpc) is 3.15. The number of nitrogens with zero attached hydrogens (tertiary/aromatic N) is 1. The molecule has 2 amide bonds. The second-order valence-electron chi connectivity index (χ2n) is 9.13. The smallest absolute Gasteiger partial charge is 0.300 e. The highest BCUT2D eigenvalue weighted by Gasteiger charge is 2.47. The van der Waals surface area contributed by atoms with Crippen LogP contribution in [-0.4, -0.2) is 29.8 Å². The van der Waals surface area contributed by atoms with E-state index in [-0.39, 0.29) is 17.2 Å². The number of Topliss-reactive ketones (excluding diaryl/α,β-unsaturated/α-hetero) is 1. The number of aliphatic hydroxyl groups is 1. The van der Waals surface area contributed by atoms with Gasteiger partial charge in [-0.1, -0.05) is 31.2 Å². The summed E-state index contributed by atoms with van der Waals surface area (Å²) in [4.78, 5) is 39.7.